The van der Waals surface area contributed by atoms with Gasteiger partial charge in [0.05, 0.1) is 6.33 Å². The highest BCUT2D eigenvalue weighted by Crippen LogP contribution is 2.38. The van der Waals surface area contributed by atoms with Crippen molar-refractivity contribution in [1.82, 2.24) is 19.5 Å². The zero-order chi connectivity index (χ0) is 24.4. The van der Waals surface area contributed by atoms with Gasteiger partial charge in [0, 0.05) is 33.9 Å². The van der Waals surface area contributed by atoms with Gasteiger partial charge in [0.25, 0.3) is 5.56 Å². The van der Waals surface area contributed by atoms with Crippen molar-refractivity contribution in [2.24, 2.45) is 0 Å². The van der Waals surface area contributed by atoms with Crippen LogP contribution < -0.4 is 10.5 Å². The Balaban J connectivity index is 1.84. The smallest absolute Gasteiger partial charge is 0.303 e. The van der Waals surface area contributed by atoms with E-state index in [0.717, 1.165) is 19.3 Å². The van der Waals surface area contributed by atoms with Gasteiger partial charge in [-0.2, -0.15) is 0 Å². The second-order valence-electron chi connectivity index (χ2n) is 8.25. The van der Waals surface area contributed by atoms with Crippen LogP contribution in [0.1, 0.15) is 46.3 Å². The summed E-state index contributed by atoms with van der Waals surface area (Å²) in [7, 11) is 0. The molecule has 13 heteroatoms. The molecule has 2 aromatic rings. The average molecular weight is 477 g/mol. The van der Waals surface area contributed by atoms with Gasteiger partial charge in [0.1, 0.15) is 12.7 Å². The molecule has 0 saturated carbocycles. The lowest BCUT2D eigenvalue weighted by Gasteiger charge is -2.30. The molecule has 184 valence electrons. The number of aromatic amines is 1. The third-order valence-corrected chi connectivity index (χ3v) is 5.70. The Morgan fingerprint density at radius 2 is 1.74 bits per heavy atom. The van der Waals surface area contributed by atoms with E-state index in [0.29, 0.717) is 19.0 Å². The predicted octanol–water partition coefficient (Wildman–Crippen LogP) is 0.434. The number of hydrogen-bond donors (Lipinski definition) is 1. The molecular formula is C21H27N5O8. The third kappa shape index (κ3) is 4.74. The first-order chi connectivity index (χ1) is 16.3. The van der Waals surface area contributed by atoms with Crippen LogP contribution >= 0.6 is 0 Å². The van der Waals surface area contributed by atoms with Crippen molar-refractivity contribution in [3.63, 3.8) is 0 Å². The number of H-pyrrole nitrogens is 1. The Morgan fingerprint density at radius 3 is 2.38 bits per heavy atom. The molecule has 4 rings (SSSR count). The summed E-state index contributed by atoms with van der Waals surface area (Å²) in [5.41, 5.74) is -0.112. The number of anilines is 1. The van der Waals surface area contributed by atoms with E-state index in [2.05, 4.69) is 15.0 Å². The number of fused-ring (bicyclic) bond motifs is 1. The molecule has 2 aromatic heterocycles. The number of piperidine rings is 1. The molecule has 2 aliphatic heterocycles. The van der Waals surface area contributed by atoms with E-state index in [-0.39, 0.29) is 17.8 Å². The zero-order valence-electron chi connectivity index (χ0n) is 19.2. The summed E-state index contributed by atoms with van der Waals surface area (Å²) in [5, 5.41) is 0. The van der Waals surface area contributed by atoms with Gasteiger partial charge in [-0.15, -0.1) is 0 Å². The first-order valence-electron chi connectivity index (χ1n) is 11.1. The zero-order valence-corrected chi connectivity index (χ0v) is 19.2. The van der Waals surface area contributed by atoms with Crippen LogP contribution in [0.15, 0.2) is 11.1 Å². The summed E-state index contributed by atoms with van der Waals surface area (Å²) >= 11 is 0. The van der Waals surface area contributed by atoms with Gasteiger partial charge in [-0.25, -0.2) is 9.97 Å². The van der Waals surface area contributed by atoms with E-state index in [1.807, 2.05) is 4.90 Å². The van der Waals surface area contributed by atoms with Gasteiger partial charge in [0.2, 0.25) is 5.95 Å². The Bertz CT molecular complexity index is 1140. The largest absolute Gasteiger partial charge is 0.463 e. The highest BCUT2D eigenvalue weighted by molar-refractivity contribution is 5.74. The lowest BCUT2D eigenvalue weighted by atomic mass is 10.1. The number of rotatable bonds is 6. The minimum absolute atomic E-state index is 0.0979. The quantitative estimate of drug-likeness (QED) is 0.455. The molecule has 0 amide bonds. The van der Waals surface area contributed by atoms with E-state index >= 15 is 0 Å². The SMILES string of the molecule is CC(=O)OC[C@H]1O[C@@H](n2c(N3CCCCC3)nc3c(=O)[nH]cnc32)[C@H](OC(C)=O)[C@@H]1OC(C)=O. The standard InChI is InChI=1S/C21H27N5O8/c1-11(27)31-9-14-16(32-12(2)28)17(33-13(3)29)20(34-14)26-18-15(19(30)23-10-22-18)24-21(26)25-7-5-4-6-8-25/h10,14,16-17,20H,4-9H2,1-3H3,(H,22,23,30)/t14-,16-,17-,20-/m1/s1. The van der Waals surface area contributed by atoms with E-state index < -0.39 is 48.0 Å². The monoisotopic (exact) mass is 477 g/mol. The summed E-state index contributed by atoms with van der Waals surface area (Å²) in [6, 6.07) is 0. The summed E-state index contributed by atoms with van der Waals surface area (Å²) in [4.78, 5) is 61.2. The average Bonchev–Trinajstić information content (AvgIpc) is 3.32. The Morgan fingerprint density at radius 1 is 1.06 bits per heavy atom. The number of esters is 3. The molecule has 4 heterocycles. The highest BCUT2D eigenvalue weighted by Gasteiger charge is 2.52. The van der Waals surface area contributed by atoms with Crippen molar-refractivity contribution in [2.75, 3.05) is 24.6 Å². The molecule has 2 aliphatic rings. The van der Waals surface area contributed by atoms with E-state index in [4.69, 9.17) is 18.9 Å². The number of carbonyl (C=O) groups is 3. The maximum atomic E-state index is 12.5. The van der Waals surface area contributed by atoms with Crippen molar-refractivity contribution in [1.29, 1.82) is 0 Å². The second kappa shape index (κ2) is 9.79. The van der Waals surface area contributed by atoms with Crippen molar-refractivity contribution >= 4 is 35.0 Å². The van der Waals surface area contributed by atoms with Crippen molar-refractivity contribution in [3.8, 4) is 0 Å². The van der Waals surface area contributed by atoms with Gasteiger partial charge in [-0.05, 0) is 19.3 Å². The molecule has 1 N–H and O–H groups in total. The first-order valence-corrected chi connectivity index (χ1v) is 11.1. The molecule has 13 nitrogen and oxygen atoms in total. The lowest BCUT2D eigenvalue weighted by Crippen LogP contribution is -2.41. The molecule has 0 bridgehead atoms. The van der Waals surface area contributed by atoms with Crippen molar-refractivity contribution < 1.29 is 33.3 Å². The third-order valence-electron chi connectivity index (χ3n) is 5.70. The van der Waals surface area contributed by atoms with Gasteiger partial charge in [-0.1, -0.05) is 0 Å². The fourth-order valence-corrected chi connectivity index (χ4v) is 4.36. The van der Waals surface area contributed by atoms with Crippen LogP contribution in [0.2, 0.25) is 0 Å². The number of nitrogens with zero attached hydrogens (tertiary/aromatic N) is 4. The maximum absolute atomic E-state index is 12.5. The van der Waals surface area contributed by atoms with Gasteiger partial charge >= 0.3 is 17.9 Å². The van der Waals surface area contributed by atoms with Crippen LogP contribution in [-0.2, 0) is 33.3 Å². The minimum Gasteiger partial charge on any atom is -0.463 e. The van der Waals surface area contributed by atoms with Gasteiger partial charge in [0.15, 0.2) is 29.6 Å². The Labute approximate surface area is 194 Å². The Hall–Kier alpha value is -3.48. The topological polar surface area (TPSA) is 155 Å². The molecule has 0 aliphatic carbocycles. The fraction of sp³-hybridized carbons (Fsp3) is 0.619. The molecule has 34 heavy (non-hydrogen) atoms. The number of ether oxygens (including phenoxy) is 4. The van der Waals surface area contributed by atoms with E-state index in [1.54, 1.807) is 4.57 Å². The summed E-state index contributed by atoms with van der Waals surface area (Å²) in [6.45, 7) is 4.86. The van der Waals surface area contributed by atoms with E-state index in [1.165, 1.54) is 27.1 Å². The van der Waals surface area contributed by atoms with Gasteiger partial charge < -0.3 is 28.8 Å². The Kier molecular flexibility index (Phi) is 6.82. The number of nitrogens with one attached hydrogen (secondary N) is 1. The van der Waals surface area contributed by atoms with Crippen LogP contribution in [-0.4, -0.2) is 75.4 Å². The number of aromatic nitrogens is 4. The highest BCUT2D eigenvalue weighted by atomic mass is 16.7. The summed E-state index contributed by atoms with van der Waals surface area (Å²) < 4.78 is 23.9. The number of carbonyl (C=O) groups excluding carboxylic acids is 3. The van der Waals surface area contributed by atoms with Gasteiger partial charge in [-0.3, -0.25) is 23.7 Å². The van der Waals surface area contributed by atoms with Crippen molar-refractivity contribution in [2.45, 2.75) is 64.6 Å². The number of imidazole rings is 1. The fourth-order valence-electron chi connectivity index (χ4n) is 4.36. The van der Waals surface area contributed by atoms with Crippen LogP contribution in [0, 0.1) is 0 Å². The molecule has 0 unspecified atom stereocenters. The predicted molar refractivity (Wildman–Crippen MR) is 116 cm³/mol. The molecule has 4 atom stereocenters. The normalized spacial score (nSPS) is 24.7. The maximum Gasteiger partial charge on any atom is 0.303 e. The van der Waals surface area contributed by atoms with E-state index in [9.17, 15) is 19.2 Å². The lowest BCUT2D eigenvalue weighted by molar-refractivity contribution is -0.166. The van der Waals surface area contributed by atoms with Crippen LogP contribution in [0.25, 0.3) is 11.2 Å². The molecule has 0 spiro atoms. The van der Waals surface area contributed by atoms with Crippen molar-refractivity contribution in [3.05, 3.63) is 16.7 Å². The second-order valence-corrected chi connectivity index (χ2v) is 8.25. The number of hydrogen-bond acceptors (Lipinski definition) is 11. The summed E-state index contributed by atoms with van der Waals surface area (Å²) in [5.74, 6) is -1.37. The van der Waals surface area contributed by atoms with Crippen LogP contribution in [0.3, 0.4) is 0 Å². The van der Waals surface area contributed by atoms with Crippen LogP contribution in [0.5, 0.6) is 0 Å². The molecule has 0 aromatic carbocycles. The molecule has 2 fully saturated rings. The molecule has 2 saturated heterocycles. The molecule has 0 radical (unpaired) electrons. The molecular weight excluding hydrogens is 450 g/mol. The first kappa shape index (κ1) is 23.7. The van der Waals surface area contributed by atoms with Crippen LogP contribution in [0.4, 0.5) is 5.95 Å². The minimum atomic E-state index is -1.11. The summed E-state index contributed by atoms with van der Waals surface area (Å²) in [6.07, 6.45) is 0.0427.